The van der Waals surface area contributed by atoms with Crippen molar-refractivity contribution in [2.75, 3.05) is 7.11 Å². The summed E-state index contributed by atoms with van der Waals surface area (Å²) in [7, 11) is 1.65. The Hall–Kier alpha value is -1.95. The molecule has 0 aliphatic heterocycles. The summed E-state index contributed by atoms with van der Waals surface area (Å²) in [5, 5.41) is 19.3. The molecule has 0 spiro atoms. The van der Waals surface area contributed by atoms with Gasteiger partial charge in [-0.25, -0.2) is 4.68 Å². The van der Waals surface area contributed by atoms with Gasteiger partial charge in [-0.05, 0) is 111 Å². The molecule has 0 radical (unpaired) electrons. The van der Waals surface area contributed by atoms with Crippen molar-refractivity contribution in [2.45, 2.75) is 76.9 Å². The van der Waals surface area contributed by atoms with Crippen LogP contribution in [0, 0.1) is 46.8 Å². The highest BCUT2D eigenvalue weighted by molar-refractivity contribution is 5.84. The molecule has 0 saturated heterocycles. The van der Waals surface area contributed by atoms with Crippen LogP contribution < -0.4 is 4.74 Å². The Bertz CT molecular complexity index is 1150. The van der Waals surface area contributed by atoms with E-state index in [-0.39, 0.29) is 16.9 Å². The predicted molar refractivity (Wildman–Crippen MR) is 128 cm³/mol. The first-order chi connectivity index (χ1) is 16.4. The topological polar surface area (TPSA) is 77.2 Å². The molecule has 1 aromatic carbocycles. The maximum atomic E-state index is 13.7. The number of hydrogen-bond donors (Lipinski definition) is 1. The molecule has 1 unspecified atom stereocenters. The summed E-state index contributed by atoms with van der Waals surface area (Å²) in [5.74, 6) is 5.69. The van der Waals surface area contributed by atoms with E-state index in [1.54, 1.807) is 11.8 Å². The first-order valence-corrected chi connectivity index (χ1v) is 13.5. The summed E-state index contributed by atoms with van der Waals surface area (Å²) in [6.07, 6.45) is 10.6. The van der Waals surface area contributed by atoms with E-state index in [9.17, 15) is 9.90 Å². The lowest BCUT2D eigenvalue weighted by Gasteiger charge is -2.56. The first-order valence-electron chi connectivity index (χ1n) is 13.5. The molecule has 7 rings (SSSR count). The van der Waals surface area contributed by atoms with E-state index in [1.807, 2.05) is 18.2 Å². The number of aromatic nitrogens is 3. The van der Waals surface area contributed by atoms with Crippen molar-refractivity contribution in [3.63, 3.8) is 0 Å². The third-order valence-corrected chi connectivity index (χ3v) is 11.4. The van der Waals surface area contributed by atoms with E-state index >= 15 is 0 Å². The molecule has 9 atom stereocenters. The van der Waals surface area contributed by atoms with Gasteiger partial charge in [0.1, 0.15) is 17.8 Å². The summed E-state index contributed by atoms with van der Waals surface area (Å²) >= 11 is 0. The lowest BCUT2D eigenvalue weighted by atomic mass is 9.49. The standard InChI is InChI=1S/C28H37N3O3/c1-27-11-9-17-18-10-12-28(33)14-23(28)20(18)5-4-19(17)21(27)6-7-22(27)26(32)15-31-25-8-3-16(34-2)13-24(25)29-30-31/h3,8,13,17-23,33H,4-7,9-12,14-15H2,1-2H3/t17-,18-,19-,20-,21+,22-,23?,27+,28+/m1/s1. The fourth-order valence-corrected chi connectivity index (χ4v) is 9.67. The second-order valence-corrected chi connectivity index (χ2v) is 12.5. The number of methoxy groups -OCH3 is 1. The maximum Gasteiger partial charge on any atom is 0.157 e. The van der Waals surface area contributed by atoms with Gasteiger partial charge in [-0.3, -0.25) is 4.79 Å². The Morgan fingerprint density at radius 1 is 1.06 bits per heavy atom. The average molecular weight is 464 g/mol. The molecule has 1 N–H and O–H groups in total. The summed E-state index contributed by atoms with van der Waals surface area (Å²) in [6.45, 7) is 2.75. The van der Waals surface area contributed by atoms with Gasteiger partial charge in [0.2, 0.25) is 0 Å². The molecule has 6 heteroatoms. The van der Waals surface area contributed by atoms with Gasteiger partial charge in [0, 0.05) is 12.0 Å². The van der Waals surface area contributed by atoms with E-state index < -0.39 is 0 Å². The van der Waals surface area contributed by atoms with Gasteiger partial charge in [0.25, 0.3) is 0 Å². The molecular formula is C28H37N3O3. The molecule has 2 aromatic rings. The number of rotatable bonds is 4. The number of ether oxygens (including phenoxy) is 1. The number of carbonyl (C=O) groups excluding carboxylic acids is 1. The van der Waals surface area contributed by atoms with Crippen LogP contribution in [0.25, 0.3) is 11.0 Å². The highest BCUT2D eigenvalue weighted by Gasteiger charge is 2.65. The summed E-state index contributed by atoms with van der Waals surface area (Å²) in [6, 6.07) is 5.74. The van der Waals surface area contributed by atoms with E-state index in [0.717, 1.165) is 59.7 Å². The molecule has 0 amide bonds. The zero-order valence-electron chi connectivity index (χ0n) is 20.4. The van der Waals surface area contributed by atoms with Gasteiger partial charge >= 0.3 is 0 Å². The number of nitrogens with zero attached hydrogens (tertiary/aromatic N) is 3. The minimum Gasteiger partial charge on any atom is -0.497 e. The van der Waals surface area contributed by atoms with E-state index in [0.29, 0.717) is 24.2 Å². The van der Waals surface area contributed by atoms with Crippen molar-refractivity contribution >= 4 is 16.8 Å². The smallest absolute Gasteiger partial charge is 0.157 e. The quantitative estimate of drug-likeness (QED) is 0.715. The van der Waals surface area contributed by atoms with Crippen LogP contribution in [0.3, 0.4) is 0 Å². The SMILES string of the molecule is COc1ccc2c(c1)nnn2CC(=O)[C@H]1CC[C@H]2[C@@H]3CC[C@H]4C5C[C@@]5(O)CC[C@@H]4[C@H]3CC[C@]12C. The minimum atomic E-state index is -0.293. The lowest BCUT2D eigenvalue weighted by molar-refractivity contribution is -0.131. The third kappa shape index (κ3) is 2.93. The van der Waals surface area contributed by atoms with Crippen LogP contribution in [-0.2, 0) is 11.3 Å². The Morgan fingerprint density at radius 2 is 1.82 bits per heavy atom. The van der Waals surface area contributed by atoms with Crippen molar-refractivity contribution in [1.82, 2.24) is 15.0 Å². The van der Waals surface area contributed by atoms with Gasteiger partial charge in [-0.2, -0.15) is 0 Å². The number of fused-ring (bicyclic) bond motifs is 8. The molecule has 5 fully saturated rings. The monoisotopic (exact) mass is 463 g/mol. The molecule has 5 aliphatic carbocycles. The van der Waals surface area contributed by atoms with E-state index in [2.05, 4.69) is 17.2 Å². The Morgan fingerprint density at radius 3 is 2.62 bits per heavy atom. The average Bonchev–Trinajstić information content (AvgIpc) is 3.20. The summed E-state index contributed by atoms with van der Waals surface area (Å²) < 4.78 is 7.08. The van der Waals surface area contributed by atoms with Crippen molar-refractivity contribution in [3.8, 4) is 5.75 Å². The second kappa shape index (κ2) is 7.28. The van der Waals surface area contributed by atoms with E-state index in [1.165, 1.54) is 38.5 Å². The Kier molecular flexibility index (Phi) is 4.57. The Balaban J connectivity index is 1.09. The first kappa shape index (κ1) is 21.3. The number of Topliss-reactive ketones (excluding diaryl/α,β-unsaturated/α-hetero) is 1. The van der Waals surface area contributed by atoms with Crippen LogP contribution in [0.15, 0.2) is 18.2 Å². The fraction of sp³-hybridized carbons (Fsp3) is 0.750. The van der Waals surface area contributed by atoms with Crippen LogP contribution in [-0.4, -0.2) is 38.6 Å². The van der Waals surface area contributed by atoms with Crippen LogP contribution in [0.4, 0.5) is 0 Å². The van der Waals surface area contributed by atoms with Crippen LogP contribution in [0.5, 0.6) is 5.75 Å². The van der Waals surface area contributed by atoms with Crippen molar-refractivity contribution in [3.05, 3.63) is 18.2 Å². The number of carbonyl (C=O) groups is 1. The molecular weight excluding hydrogens is 426 g/mol. The van der Waals surface area contributed by atoms with Crippen LogP contribution in [0.1, 0.15) is 64.7 Å². The minimum absolute atomic E-state index is 0.125. The van der Waals surface area contributed by atoms with E-state index in [4.69, 9.17) is 4.74 Å². The third-order valence-electron chi connectivity index (χ3n) is 11.4. The largest absolute Gasteiger partial charge is 0.497 e. The Labute approximate surface area is 201 Å². The molecule has 5 aliphatic rings. The number of aliphatic hydroxyl groups is 1. The normalized spacial score (nSPS) is 44.6. The molecule has 1 aromatic heterocycles. The maximum absolute atomic E-state index is 13.7. The van der Waals surface area contributed by atoms with Gasteiger partial charge in [-0.15, -0.1) is 5.10 Å². The highest BCUT2D eigenvalue weighted by Crippen LogP contribution is 2.68. The number of ketones is 1. The molecule has 1 heterocycles. The van der Waals surface area contributed by atoms with Gasteiger partial charge < -0.3 is 9.84 Å². The van der Waals surface area contributed by atoms with Crippen molar-refractivity contribution in [2.24, 2.45) is 46.8 Å². The number of benzene rings is 1. The summed E-state index contributed by atoms with van der Waals surface area (Å²) in [4.78, 5) is 13.7. The number of hydrogen-bond acceptors (Lipinski definition) is 5. The van der Waals surface area contributed by atoms with Gasteiger partial charge in [-0.1, -0.05) is 12.1 Å². The van der Waals surface area contributed by atoms with Gasteiger partial charge in [0.15, 0.2) is 5.78 Å². The zero-order chi connectivity index (χ0) is 23.2. The van der Waals surface area contributed by atoms with Crippen LogP contribution in [0.2, 0.25) is 0 Å². The van der Waals surface area contributed by atoms with Crippen molar-refractivity contribution in [1.29, 1.82) is 0 Å². The van der Waals surface area contributed by atoms with Crippen molar-refractivity contribution < 1.29 is 14.6 Å². The second-order valence-electron chi connectivity index (χ2n) is 12.5. The highest BCUT2D eigenvalue weighted by atomic mass is 16.5. The molecule has 5 saturated carbocycles. The fourth-order valence-electron chi connectivity index (χ4n) is 9.67. The lowest BCUT2D eigenvalue weighted by Crippen LogP contribution is -2.50. The molecule has 34 heavy (non-hydrogen) atoms. The molecule has 0 bridgehead atoms. The molecule has 182 valence electrons. The van der Waals surface area contributed by atoms with Crippen LogP contribution >= 0.6 is 0 Å². The predicted octanol–water partition coefficient (Wildman–Crippen LogP) is 4.64. The zero-order valence-corrected chi connectivity index (χ0v) is 20.4. The summed E-state index contributed by atoms with van der Waals surface area (Å²) in [5.41, 5.74) is 1.50. The molecule has 6 nitrogen and oxygen atoms in total. The van der Waals surface area contributed by atoms with Gasteiger partial charge in [0.05, 0.1) is 18.2 Å².